The van der Waals surface area contributed by atoms with Crippen molar-refractivity contribution in [3.05, 3.63) is 0 Å². The lowest BCUT2D eigenvalue weighted by Crippen LogP contribution is -2.43. The third-order valence-electron chi connectivity index (χ3n) is 3.13. The highest BCUT2D eigenvalue weighted by atomic mass is 16.6. The summed E-state index contributed by atoms with van der Waals surface area (Å²) in [6.45, 7) is 8.69. The average Bonchev–Trinajstić information content (AvgIpc) is 2.26. The zero-order chi connectivity index (χ0) is 14.5. The van der Waals surface area contributed by atoms with Gasteiger partial charge in [0, 0.05) is 25.6 Å². The summed E-state index contributed by atoms with van der Waals surface area (Å²) >= 11 is 0. The molecule has 1 aliphatic rings. The van der Waals surface area contributed by atoms with Gasteiger partial charge in [-0.25, -0.2) is 4.79 Å². The van der Waals surface area contributed by atoms with E-state index in [1.54, 1.807) is 0 Å². The molecule has 110 valence electrons. The maximum Gasteiger partial charge on any atom is 0.407 e. The van der Waals surface area contributed by atoms with E-state index in [1.165, 1.54) is 6.42 Å². The maximum absolute atomic E-state index is 12.0. The van der Waals surface area contributed by atoms with Crippen LogP contribution in [0.15, 0.2) is 0 Å². The van der Waals surface area contributed by atoms with Crippen molar-refractivity contribution in [3.63, 3.8) is 0 Å². The van der Waals surface area contributed by atoms with Crippen LogP contribution in [0, 0.1) is 0 Å². The van der Waals surface area contributed by atoms with Gasteiger partial charge in [-0.2, -0.15) is 0 Å². The molecule has 1 rings (SSSR count). The highest BCUT2D eigenvalue weighted by molar-refractivity contribution is 5.77. The molecule has 1 N–H and O–H groups in total. The molecule has 2 amide bonds. The van der Waals surface area contributed by atoms with Crippen LogP contribution in [-0.4, -0.2) is 41.6 Å². The second-order valence-electron chi connectivity index (χ2n) is 6.11. The number of amides is 2. The van der Waals surface area contributed by atoms with E-state index in [0.717, 1.165) is 19.4 Å². The predicted molar refractivity (Wildman–Crippen MR) is 73.9 cm³/mol. The number of carbonyl (C=O) groups excluding carboxylic acids is 2. The summed E-state index contributed by atoms with van der Waals surface area (Å²) in [7, 11) is 0. The van der Waals surface area contributed by atoms with Crippen molar-refractivity contribution >= 4 is 12.0 Å². The number of piperidine rings is 1. The van der Waals surface area contributed by atoms with Crippen molar-refractivity contribution in [1.82, 2.24) is 10.2 Å². The van der Waals surface area contributed by atoms with Crippen molar-refractivity contribution in [2.45, 2.75) is 65.0 Å². The first-order chi connectivity index (χ1) is 8.79. The first-order valence-corrected chi connectivity index (χ1v) is 7.06. The summed E-state index contributed by atoms with van der Waals surface area (Å²) in [5.41, 5.74) is -0.504. The smallest absolute Gasteiger partial charge is 0.407 e. The molecule has 0 aromatic heterocycles. The van der Waals surface area contributed by atoms with Crippen molar-refractivity contribution in [3.8, 4) is 0 Å². The maximum atomic E-state index is 12.0. The van der Waals surface area contributed by atoms with Gasteiger partial charge in [-0.3, -0.25) is 4.79 Å². The average molecular weight is 270 g/mol. The van der Waals surface area contributed by atoms with Crippen LogP contribution in [0.25, 0.3) is 0 Å². The van der Waals surface area contributed by atoms with Crippen LogP contribution >= 0.6 is 0 Å². The Bertz CT molecular complexity index is 323. The fourth-order valence-corrected chi connectivity index (χ4v) is 2.20. The molecule has 19 heavy (non-hydrogen) atoms. The molecular formula is C14H26N2O3. The normalized spacial score (nSPS) is 20.0. The molecule has 5 heteroatoms. The predicted octanol–water partition coefficient (Wildman–Crippen LogP) is 2.30. The molecule has 0 aromatic rings. The number of nitrogens with zero attached hydrogens (tertiary/aromatic N) is 1. The Morgan fingerprint density at radius 3 is 2.58 bits per heavy atom. The number of rotatable bonds is 3. The lowest BCUT2D eigenvalue weighted by molar-refractivity contribution is -0.134. The molecule has 0 bridgehead atoms. The number of nitrogens with one attached hydrogen (secondary N) is 1. The van der Waals surface area contributed by atoms with Crippen molar-refractivity contribution in [2.24, 2.45) is 0 Å². The van der Waals surface area contributed by atoms with Gasteiger partial charge in [0.2, 0.25) is 5.91 Å². The minimum atomic E-state index is -0.504. The van der Waals surface area contributed by atoms with Crippen LogP contribution in [0.5, 0.6) is 0 Å². The molecule has 0 radical (unpaired) electrons. The van der Waals surface area contributed by atoms with Crippen LogP contribution in [0.1, 0.15) is 53.4 Å². The van der Waals surface area contributed by atoms with Gasteiger partial charge in [0.15, 0.2) is 0 Å². The zero-order valence-electron chi connectivity index (χ0n) is 12.5. The summed E-state index contributed by atoms with van der Waals surface area (Å²) in [4.78, 5) is 25.3. The Labute approximate surface area is 115 Å². The minimum Gasteiger partial charge on any atom is -0.444 e. The van der Waals surface area contributed by atoms with Gasteiger partial charge in [0.05, 0.1) is 0 Å². The molecule has 0 saturated carbocycles. The molecule has 1 fully saturated rings. The van der Waals surface area contributed by atoms with E-state index >= 15 is 0 Å². The Balaban J connectivity index is 2.25. The van der Waals surface area contributed by atoms with E-state index in [0.29, 0.717) is 19.0 Å². The minimum absolute atomic E-state index is 0.114. The fraction of sp³-hybridized carbons (Fsp3) is 0.857. The van der Waals surface area contributed by atoms with E-state index < -0.39 is 11.7 Å². The molecular weight excluding hydrogens is 244 g/mol. The molecule has 0 spiro atoms. The Morgan fingerprint density at radius 1 is 1.32 bits per heavy atom. The fourth-order valence-electron chi connectivity index (χ4n) is 2.20. The molecule has 5 nitrogen and oxygen atoms in total. The van der Waals surface area contributed by atoms with E-state index in [1.807, 2.05) is 25.7 Å². The third kappa shape index (κ3) is 5.94. The van der Waals surface area contributed by atoms with E-state index in [2.05, 4.69) is 12.2 Å². The van der Waals surface area contributed by atoms with Crippen molar-refractivity contribution in [2.75, 3.05) is 13.1 Å². The van der Waals surface area contributed by atoms with Gasteiger partial charge < -0.3 is 15.0 Å². The second kappa shape index (κ2) is 6.78. The van der Waals surface area contributed by atoms with Gasteiger partial charge in [0.1, 0.15) is 5.60 Å². The molecule has 0 aliphatic carbocycles. The summed E-state index contributed by atoms with van der Waals surface area (Å²) < 4.78 is 5.11. The third-order valence-corrected chi connectivity index (χ3v) is 3.13. The van der Waals surface area contributed by atoms with Gasteiger partial charge in [-0.05, 0) is 47.0 Å². The molecule has 1 aliphatic heterocycles. The summed E-state index contributed by atoms with van der Waals surface area (Å²) in [6.07, 6.45) is 3.22. The van der Waals surface area contributed by atoms with Crippen molar-refractivity contribution in [1.29, 1.82) is 0 Å². The van der Waals surface area contributed by atoms with Gasteiger partial charge in [0.25, 0.3) is 0 Å². The summed E-state index contributed by atoms with van der Waals surface area (Å²) in [6, 6.07) is 0.322. The topological polar surface area (TPSA) is 58.6 Å². The zero-order valence-corrected chi connectivity index (χ0v) is 12.5. The SMILES string of the molecule is CC1CCCCN1C(=O)CCNC(=O)OC(C)(C)C. The largest absolute Gasteiger partial charge is 0.444 e. The monoisotopic (exact) mass is 270 g/mol. The molecule has 1 unspecified atom stereocenters. The second-order valence-corrected chi connectivity index (χ2v) is 6.11. The Morgan fingerprint density at radius 2 is 2.00 bits per heavy atom. The van der Waals surface area contributed by atoms with Crippen LogP contribution < -0.4 is 5.32 Å². The van der Waals surface area contributed by atoms with E-state index in [9.17, 15) is 9.59 Å². The van der Waals surface area contributed by atoms with Crippen LogP contribution in [0.4, 0.5) is 4.79 Å². The first kappa shape index (κ1) is 15.8. The highest BCUT2D eigenvalue weighted by Gasteiger charge is 2.23. The molecule has 1 heterocycles. The van der Waals surface area contributed by atoms with Gasteiger partial charge in [-0.1, -0.05) is 0 Å². The van der Waals surface area contributed by atoms with E-state index in [4.69, 9.17) is 4.74 Å². The van der Waals surface area contributed by atoms with Crippen LogP contribution in [0.3, 0.4) is 0 Å². The number of carbonyl (C=O) groups is 2. The number of hydrogen-bond donors (Lipinski definition) is 1. The van der Waals surface area contributed by atoms with Crippen molar-refractivity contribution < 1.29 is 14.3 Å². The molecule has 1 saturated heterocycles. The molecule has 0 aromatic carbocycles. The number of hydrogen-bond acceptors (Lipinski definition) is 3. The number of alkyl carbamates (subject to hydrolysis) is 1. The van der Waals surface area contributed by atoms with Gasteiger partial charge >= 0.3 is 6.09 Å². The van der Waals surface area contributed by atoms with E-state index in [-0.39, 0.29) is 5.91 Å². The number of ether oxygens (including phenoxy) is 1. The lowest BCUT2D eigenvalue weighted by atomic mass is 10.0. The van der Waals surface area contributed by atoms with Crippen LogP contribution in [-0.2, 0) is 9.53 Å². The lowest BCUT2D eigenvalue weighted by Gasteiger charge is -2.33. The summed E-state index contributed by atoms with van der Waals surface area (Å²) in [5.74, 6) is 0.114. The first-order valence-electron chi connectivity index (χ1n) is 7.06. The van der Waals surface area contributed by atoms with Gasteiger partial charge in [-0.15, -0.1) is 0 Å². The van der Waals surface area contributed by atoms with Crippen LogP contribution in [0.2, 0.25) is 0 Å². The standard InChI is InChI=1S/C14H26N2O3/c1-11-7-5-6-10-16(11)12(17)8-9-15-13(18)19-14(2,3)4/h11H,5-10H2,1-4H3,(H,15,18). The Hall–Kier alpha value is -1.26. The number of likely N-dealkylation sites (tertiary alicyclic amines) is 1. The summed E-state index contributed by atoms with van der Waals surface area (Å²) in [5, 5.41) is 2.62. The quantitative estimate of drug-likeness (QED) is 0.856. The molecule has 1 atom stereocenters. The Kier molecular flexibility index (Phi) is 5.63. The highest BCUT2D eigenvalue weighted by Crippen LogP contribution is 2.17.